The second kappa shape index (κ2) is 18.5. The molecule has 0 aliphatic carbocycles. The molecule has 3 atom stereocenters. The van der Waals surface area contributed by atoms with Crippen molar-refractivity contribution in [1.29, 1.82) is 0 Å². The second-order valence-electron chi connectivity index (χ2n) is 9.63. The number of ether oxygens (including phenoxy) is 1. The van der Waals surface area contributed by atoms with Crippen LogP contribution in [0.5, 0.6) is 0 Å². The first-order valence-electron chi connectivity index (χ1n) is 13.6. The van der Waals surface area contributed by atoms with Crippen molar-refractivity contribution >= 4 is 17.8 Å². The van der Waals surface area contributed by atoms with Gasteiger partial charge in [-0.1, -0.05) is 72.8 Å². The minimum absolute atomic E-state index is 0.0363. The molecule has 0 fully saturated rings. The fourth-order valence-electron chi connectivity index (χ4n) is 4.35. The monoisotopic (exact) mass is 534 g/mol. The number of esters is 1. The molecule has 2 rings (SSSR count). The Hall–Kier alpha value is -3.71. The molecule has 3 unspecified atom stereocenters. The van der Waals surface area contributed by atoms with Crippen LogP contribution in [0.2, 0.25) is 0 Å². The number of allylic oxidation sites excluding steroid dienone is 2. The summed E-state index contributed by atoms with van der Waals surface area (Å²) in [5.74, 6) is -1.79. The maximum absolute atomic E-state index is 12.8. The van der Waals surface area contributed by atoms with Crippen LogP contribution in [0, 0.1) is 11.8 Å². The summed E-state index contributed by atoms with van der Waals surface area (Å²) in [6.45, 7) is 7.44. The molecule has 2 aromatic rings. The van der Waals surface area contributed by atoms with Crippen LogP contribution in [0.4, 0.5) is 0 Å². The highest BCUT2D eigenvalue weighted by molar-refractivity contribution is 5.86. The van der Waals surface area contributed by atoms with Gasteiger partial charge in [-0.25, -0.2) is 0 Å². The first kappa shape index (κ1) is 31.5. The molecule has 0 spiro atoms. The molecule has 2 amide bonds. The number of rotatable bonds is 19. The Morgan fingerprint density at radius 2 is 1.54 bits per heavy atom. The van der Waals surface area contributed by atoms with Crippen LogP contribution in [0.15, 0.2) is 86.0 Å². The van der Waals surface area contributed by atoms with E-state index < -0.39 is 12.0 Å². The lowest BCUT2D eigenvalue weighted by Gasteiger charge is -2.20. The molecule has 0 aromatic heterocycles. The van der Waals surface area contributed by atoms with Crippen molar-refractivity contribution in [3.8, 4) is 0 Å². The fraction of sp³-hybridized carbons (Fsp3) is 0.406. The van der Waals surface area contributed by atoms with E-state index in [0.717, 1.165) is 24.0 Å². The summed E-state index contributed by atoms with van der Waals surface area (Å²) in [5, 5.41) is 15.3. The normalized spacial score (nSPS) is 12.9. The molecule has 0 aliphatic rings. The van der Waals surface area contributed by atoms with Gasteiger partial charge in [-0.15, -0.1) is 13.2 Å². The zero-order valence-corrected chi connectivity index (χ0v) is 22.7. The van der Waals surface area contributed by atoms with Gasteiger partial charge in [-0.05, 0) is 49.7 Å². The number of aliphatic hydroxyl groups is 1. The quantitative estimate of drug-likeness (QED) is 0.143. The number of carbonyl (C=O) groups is 3. The smallest absolute Gasteiger partial charge is 0.309 e. The van der Waals surface area contributed by atoms with E-state index in [1.54, 1.807) is 6.08 Å². The third kappa shape index (κ3) is 12.6. The Morgan fingerprint density at radius 1 is 0.897 bits per heavy atom. The van der Waals surface area contributed by atoms with E-state index in [0.29, 0.717) is 25.7 Å². The first-order valence-corrected chi connectivity index (χ1v) is 13.6. The standard InChI is InChI=1S/C32H42N2O5/c1-3-5-8-18-28(21-25-14-9-6-10-15-25)32(38)39-20-19-33-31(37)27(13-4-2)23-30(36)34-29(24-35)22-26-16-11-7-12-17-26/h3-4,6-7,9-12,14-17,27-29,35H,1-2,5,8,13,18-24H2,(H,33,37)(H,34,36). The summed E-state index contributed by atoms with van der Waals surface area (Å²) in [6, 6.07) is 19.0. The van der Waals surface area contributed by atoms with E-state index in [2.05, 4.69) is 23.8 Å². The van der Waals surface area contributed by atoms with Crippen LogP contribution < -0.4 is 10.6 Å². The molecule has 0 heterocycles. The minimum atomic E-state index is -0.612. The SMILES string of the molecule is C=CCCCC(Cc1ccccc1)C(=O)OCCNC(=O)C(CC=C)CC(=O)NC(CO)Cc1ccccc1. The summed E-state index contributed by atoms with van der Waals surface area (Å²) in [5.41, 5.74) is 2.07. The highest BCUT2D eigenvalue weighted by atomic mass is 16.5. The van der Waals surface area contributed by atoms with Crippen LogP contribution in [0.25, 0.3) is 0 Å². The molecule has 39 heavy (non-hydrogen) atoms. The number of hydrogen-bond acceptors (Lipinski definition) is 5. The molecule has 7 heteroatoms. The predicted molar refractivity (Wildman–Crippen MR) is 154 cm³/mol. The number of amides is 2. The summed E-state index contributed by atoms with van der Waals surface area (Å²) < 4.78 is 5.50. The lowest BCUT2D eigenvalue weighted by Crippen LogP contribution is -2.42. The van der Waals surface area contributed by atoms with Crippen LogP contribution in [-0.4, -0.2) is 48.7 Å². The Labute approximate surface area is 232 Å². The van der Waals surface area contributed by atoms with E-state index in [4.69, 9.17) is 4.74 Å². The molecule has 0 saturated carbocycles. The van der Waals surface area contributed by atoms with Crippen LogP contribution in [-0.2, 0) is 32.0 Å². The Bertz CT molecular complexity index is 1030. The lowest BCUT2D eigenvalue weighted by molar-refractivity contribution is -0.149. The number of carbonyl (C=O) groups excluding carboxylic acids is 3. The maximum atomic E-state index is 12.8. The van der Waals surface area contributed by atoms with Gasteiger partial charge in [0.15, 0.2) is 0 Å². The highest BCUT2D eigenvalue weighted by Gasteiger charge is 2.23. The van der Waals surface area contributed by atoms with Crippen molar-refractivity contribution in [3.05, 3.63) is 97.1 Å². The zero-order chi connectivity index (χ0) is 28.3. The largest absolute Gasteiger partial charge is 0.464 e. The molecule has 210 valence electrons. The van der Waals surface area contributed by atoms with E-state index in [1.165, 1.54) is 0 Å². The number of hydrogen-bond donors (Lipinski definition) is 3. The third-order valence-electron chi connectivity index (χ3n) is 6.43. The molecule has 0 saturated heterocycles. The Kier molecular flexibility index (Phi) is 15.0. The van der Waals surface area contributed by atoms with E-state index in [-0.39, 0.29) is 49.9 Å². The van der Waals surface area contributed by atoms with E-state index in [9.17, 15) is 19.5 Å². The minimum Gasteiger partial charge on any atom is -0.464 e. The molecular weight excluding hydrogens is 492 g/mol. The topological polar surface area (TPSA) is 105 Å². The van der Waals surface area contributed by atoms with Crippen molar-refractivity contribution < 1.29 is 24.2 Å². The van der Waals surface area contributed by atoms with Gasteiger partial charge in [0.05, 0.1) is 31.0 Å². The maximum Gasteiger partial charge on any atom is 0.309 e. The summed E-state index contributed by atoms with van der Waals surface area (Å²) in [7, 11) is 0. The van der Waals surface area contributed by atoms with E-state index in [1.807, 2.05) is 66.7 Å². The molecule has 3 N–H and O–H groups in total. The number of unbranched alkanes of at least 4 members (excludes halogenated alkanes) is 1. The van der Waals surface area contributed by atoms with Crippen LogP contribution in [0.3, 0.4) is 0 Å². The van der Waals surface area contributed by atoms with Gasteiger partial charge in [-0.2, -0.15) is 0 Å². The third-order valence-corrected chi connectivity index (χ3v) is 6.43. The van der Waals surface area contributed by atoms with Gasteiger partial charge < -0.3 is 20.5 Å². The molecule has 0 aliphatic heterocycles. The average molecular weight is 535 g/mol. The van der Waals surface area contributed by atoms with Gasteiger partial charge >= 0.3 is 5.97 Å². The van der Waals surface area contributed by atoms with Gasteiger partial charge in [0.1, 0.15) is 6.61 Å². The molecule has 0 bridgehead atoms. The molecule has 2 aromatic carbocycles. The average Bonchev–Trinajstić information content (AvgIpc) is 2.95. The molecular formula is C32H42N2O5. The van der Waals surface area contributed by atoms with Crippen LogP contribution >= 0.6 is 0 Å². The van der Waals surface area contributed by atoms with Crippen LogP contribution in [0.1, 0.15) is 43.2 Å². The van der Waals surface area contributed by atoms with Crippen molar-refractivity contribution in [2.24, 2.45) is 11.8 Å². The zero-order valence-electron chi connectivity index (χ0n) is 22.7. The van der Waals surface area contributed by atoms with Gasteiger partial charge in [-0.3, -0.25) is 14.4 Å². The van der Waals surface area contributed by atoms with Gasteiger partial charge in [0.25, 0.3) is 0 Å². The second-order valence-corrected chi connectivity index (χ2v) is 9.63. The summed E-state index contributed by atoms with van der Waals surface area (Å²) in [6.07, 6.45) is 7.19. The van der Waals surface area contributed by atoms with Crippen molar-refractivity contribution in [1.82, 2.24) is 10.6 Å². The number of benzene rings is 2. The van der Waals surface area contributed by atoms with Gasteiger partial charge in [0, 0.05) is 6.42 Å². The fourth-order valence-corrected chi connectivity index (χ4v) is 4.35. The summed E-state index contributed by atoms with van der Waals surface area (Å²) >= 11 is 0. The highest BCUT2D eigenvalue weighted by Crippen LogP contribution is 2.17. The molecule has 7 nitrogen and oxygen atoms in total. The molecule has 0 radical (unpaired) electrons. The number of aliphatic hydroxyl groups excluding tert-OH is 1. The lowest BCUT2D eigenvalue weighted by atomic mass is 9.94. The number of nitrogens with one attached hydrogen (secondary N) is 2. The predicted octanol–water partition coefficient (Wildman–Crippen LogP) is 4.16. The Balaban J connectivity index is 1.81. The van der Waals surface area contributed by atoms with E-state index >= 15 is 0 Å². The van der Waals surface area contributed by atoms with Crippen molar-refractivity contribution in [2.45, 2.75) is 51.0 Å². The van der Waals surface area contributed by atoms with Crippen molar-refractivity contribution in [3.63, 3.8) is 0 Å². The van der Waals surface area contributed by atoms with Gasteiger partial charge in [0.2, 0.25) is 11.8 Å². The Morgan fingerprint density at radius 3 is 2.13 bits per heavy atom. The summed E-state index contributed by atoms with van der Waals surface area (Å²) in [4.78, 5) is 38.2. The first-order chi connectivity index (χ1) is 19.0. The van der Waals surface area contributed by atoms with Crippen molar-refractivity contribution in [2.75, 3.05) is 19.8 Å².